The highest BCUT2D eigenvalue weighted by Gasteiger charge is 2.22. The minimum Gasteiger partial charge on any atom is -0.334 e. The highest BCUT2D eigenvalue weighted by Crippen LogP contribution is 2.33. The molecule has 4 aromatic rings. The van der Waals surface area contributed by atoms with Crippen LogP contribution in [0.3, 0.4) is 0 Å². The maximum absolute atomic E-state index is 14.2. The first-order chi connectivity index (χ1) is 13.0. The molecule has 1 amide bonds. The predicted octanol–water partition coefficient (Wildman–Crippen LogP) is 4.99. The second-order valence-corrected chi connectivity index (χ2v) is 7.64. The molecule has 0 fully saturated rings. The Morgan fingerprint density at radius 1 is 1.22 bits per heavy atom. The second-order valence-electron chi connectivity index (χ2n) is 6.59. The summed E-state index contributed by atoms with van der Waals surface area (Å²) in [7, 11) is 1.77. The van der Waals surface area contributed by atoms with Crippen molar-refractivity contribution in [2.45, 2.75) is 26.9 Å². The van der Waals surface area contributed by atoms with Crippen molar-refractivity contribution < 1.29 is 9.18 Å². The number of thiophene rings is 1. The quantitative estimate of drug-likeness (QED) is 0.499. The van der Waals surface area contributed by atoms with E-state index in [0.717, 1.165) is 28.1 Å². The van der Waals surface area contributed by atoms with E-state index in [0.29, 0.717) is 22.4 Å². The van der Waals surface area contributed by atoms with Crippen LogP contribution in [0.2, 0.25) is 0 Å². The average Bonchev–Trinajstić information content (AvgIpc) is 3.19. The van der Waals surface area contributed by atoms with Crippen molar-refractivity contribution in [1.82, 2.24) is 14.5 Å². The molecule has 0 saturated carbocycles. The summed E-state index contributed by atoms with van der Waals surface area (Å²) in [4.78, 5) is 20.0. The molecule has 4 rings (SSSR count). The summed E-state index contributed by atoms with van der Waals surface area (Å²) in [5.74, 6) is 0.457. The third kappa shape index (κ3) is 2.90. The number of hydrogen-bond donors (Lipinski definition) is 0. The van der Waals surface area contributed by atoms with Crippen molar-refractivity contribution in [2.75, 3.05) is 7.05 Å². The molecular formula is C21H20FN3OS. The van der Waals surface area contributed by atoms with Gasteiger partial charge in [-0.3, -0.25) is 4.79 Å². The normalized spacial score (nSPS) is 11.4. The molecule has 0 atom stereocenters. The molecule has 0 bridgehead atoms. The molecule has 0 radical (unpaired) electrons. The minimum absolute atomic E-state index is 0.109. The Balaban J connectivity index is 1.68. The van der Waals surface area contributed by atoms with Crippen molar-refractivity contribution in [2.24, 2.45) is 0 Å². The molecule has 0 aliphatic heterocycles. The number of nitrogens with zero attached hydrogens (tertiary/aromatic N) is 3. The lowest BCUT2D eigenvalue weighted by Crippen LogP contribution is -2.27. The van der Waals surface area contributed by atoms with Gasteiger partial charge >= 0.3 is 0 Å². The van der Waals surface area contributed by atoms with Crippen molar-refractivity contribution >= 4 is 38.4 Å². The average molecular weight is 381 g/mol. The summed E-state index contributed by atoms with van der Waals surface area (Å²) in [5, 5.41) is 0.542. The molecule has 27 heavy (non-hydrogen) atoms. The lowest BCUT2D eigenvalue weighted by Gasteiger charge is -2.17. The minimum atomic E-state index is -0.282. The standard InChI is InChI=1S/C21H20FN3OS/c1-4-25-16-10-6-5-9-15(16)23-18(25)12-24(3)21(26)20-13(2)19-14(22)8-7-11-17(19)27-20/h5-11H,4,12H2,1-3H3. The van der Waals surface area contributed by atoms with Crippen LogP contribution in [0, 0.1) is 12.7 Å². The summed E-state index contributed by atoms with van der Waals surface area (Å²) >= 11 is 1.34. The van der Waals surface area contributed by atoms with Crippen LogP contribution in [-0.4, -0.2) is 27.4 Å². The van der Waals surface area contributed by atoms with Gasteiger partial charge in [0, 0.05) is 23.7 Å². The molecule has 0 aliphatic carbocycles. The summed E-state index contributed by atoms with van der Waals surface area (Å²) in [6.07, 6.45) is 0. The van der Waals surface area contributed by atoms with Crippen molar-refractivity contribution in [3.05, 3.63) is 64.5 Å². The van der Waals surface area contributed by atoms with Crippen molar-refractivity contribution in [3.63, 3.8) is 0 Å². The molecule has 0 unspecified atom stereocenters. The third-order valence-electron chi connectivity index (χ3n) is 4.87. The smallest absolute Gasteiger partial charge is 0.264 e. The zero-order chi connectivity index (χ0) is 19.1. The van der Waals surface area contributed by atoms with Gasteiger partial charge in [-0.15, -0.1) is 11.3 Å². The number of para-hydroxylation sites is 2. The molecular weight excluding hydrogens is 361 g/mol. The van der Waals surface area contributed by atoms with Gasteiger partial charge in [-0.25, -0.2) is 9.37 Å². The van der Waals surface area contributed by atoms with Crippen molar-refractivity contribution in [3.8, 4) is 0 Å². The first-order valence-electron chi connectivity index (χ1n) is 8.88. The van der Waals surface area contributed by atoms with E-state index in [9.17, 15) is 9.18 Å². The van der Waals surface area contributed by atoms with Gasteiger partial charge in [0.05, 0.1) is 22.5 Å². The van der Waals surface area contributed by atoms with Gasteiger partial charge in [-0.1, -0.05) is 18.2 Å². The van der Waals surface area contributed by atoms with E-state index in [1.807, 2.05) is 37.3 Å². The number of carbonyl (C=O) groups is 1. The molecule has 0 saturated heterocycles. The Kier molecular flexibility index (Phi) is 4.44. The fourth-order valence-corrected chi connectivity index (χ4v) is 4.73. The number of imidazole rings is 1. The highest BCUT2D eigenvalue weighted by molar-refractivity contribution is 7.21. The Labute approximate surface area is 160 Å². The first kappa shape index (κ1) is 17.7. The third-order valence-corrected chi connectivity index (χ3v) is 6.12. The van der Waals surface area contributed by atoms with Crippen LogP contribution in [0.25, 0.3) is 21.1 Å². The number of amides is 1. The van der Waals surface area contributed by atoms with Crippen molar-refractivity contribution in [1.29, 1.82) is 0 Å². The molecule has 0 aliphatic rings. The fraction of sp³-hybridized carbons (Fsp3) is 0.238. The Hall–Kier alpha value is -2.73. The number of carbonyl (C=O) groups excluding carboxylic acids is 1. The summed E-state index contributed by atoms with van der Waals surface area (Å²) in [6, 6.07) is 12.9. The van der Waals surface area contributed by atoms with Gasteiger partial charge in [0.1, 0.15) is 11.6 Å². The maximum atomic E-state index is 14.2. The lowest BCUT2D eigenvalue weighted by molar-refractivity contribution is 0.0784. The van der Waals surface area contributed by atoms with Crippen LogP contribution in [0.15, 0.2) is 42.5 Å². The summed E-state index contributed by atoms with van der Waals surface area (Å²) in [6.45, 7) is 5.06. The van der Waals surface area contributed by atoms with Gasteiger partial charge in [0.25, 0.3) is 5.91 Å². The lowest BCUT2D eigenvalue weighted by atomic mass is 10.1. The molecule has 4 nitrogen and oxygen atoms in total. The van der Waals surface area contributed by atoms with E-state index in [1.54, 1.807) is 18.0 Å². The van der Waals surface area contributed by atoms with E-state index in [4.69, 9.17) is 4.98 Å². The van der Waals surface area contributed by atoms with Gasteiger partial charge in [0.15, 0.2) is 0 Å². The maximum Gasteiger partial charge on any atom is 0.264 e. The zero-order valence-electron chi connectivity index (χ0n) is 15.5. The number of hydrogen-bond acceptors (Lipinski definition) is 3. The molecule has 0 N–H and O–H groups in total. The number of aryl methyl sites for hydroxylation is 2. The molecule has 2 aromatic heterocycles. The van der Waals surface area contributed by atoms with Crippen LogP contribution < -0.4 is 0 Å². The van der Waals surface area contributed by atoms with Crippen LogP contribution in [0.1, 0.15) is 28.0 Å². The van der Waals surface area contributed by atoms with Crippen LogP contribution in [0.4, 0.5) is 4.39 Å². The summed E-state index contributed by atoms with van der Waals surface area (Å²) in [5.41, 5.74) is 2.69. The summed E-state index contributed by atoms with van der Waals surface area (Å²) < 4.78 is 17.1. The molecule has 2 heterocycles. The SMILES string of the molecule is CCn1c(CN(C)C(=O)c2sc3cccc(F)c3c2C)nc2ccccc21. The number of benzene rings is 2. The Morgan fingerprint density at radius 2 is 2.00 bits per heavy atom. The van der Waals surface area contributed by atoms with E-state index in [2.05, 4.69) is 11.5 Å². The fourth-order valence-electron chi connectivity index (χ4n) is 3.51. The first-order valence-corrected chi connectivity index (χ1v) is 9.70. The molecule has 138 valence electrons. The van der Waals surface area contributed by atoms with E-state index in [-0.39, 0.29) is 11.7 Å². The molecule has 6 heteroatoms. The Bertz CT molecular complexity index is 1160. The monoisotopic (exact) mass is 381 g/mol. The molecule has 0 spiro atoms. The number of halogens is 1. The van der Waals surface area contributed by atoms with Gasteiger partial charge in [-0.2, -0.15) is 0 Å². The van der Waals surface area contributed by atoms with E-state index >= 15 is 0 Å². The van der Waals surface area contributed by atoms with E-state index < -0.39 is 0 Å². The zero-order valence-corrected chi connectivity index (χ0v) is 16.3. The topological polar surface area (TPSA) is 38.1 Å². The van der Waals surface area contributed by atoms with Gasteiger partial charge in [-0.05, 0) is 43.7 Å². The predicted molar refractivity (Wildman–Crippen MR) is 108 cm³/mol. The largest absolute Gasteiger partial charge is 0.334 e. The number of fused-ring (bicyclic) bond motifs is 2. The van der Waals surface area contributed by atoms with Crippen LogP contribution in [0.5, 0.6) is 0 Å². The van der Waals surface area contributed by atoms with Gasteiger partial charge in [0.2, 0.25) is 0 Å². The highest BCUT2D eigenvalue weighted by atomic mass is 32.1. The van der Waals surface area contributed by atoms with Gasteiger partial charge < -0.3 is 9.47 Å². The van der Waals surface area contributed by atoms with Crippen LogP contribution >= 0.6 is 11.3 Å². The number of aromatic nitrogens is 2. The second kappa shape index (κ2) is 6.78. The number of rotatable bonds is 4. The molecule has 2 aromatic carbocycles. The van der Waals surface area contributed by atoms with Crippen LogP contribution in [-0.2, 0) is 13.1 Å². The van der Waals surface area contributed by atoms with E-state index in [1.165, 1.54) is 17.4 Å². The Morgan fingerprint density at radius 3 is 2.74 bits per heavy atom.